The van der Waals surface area contributed by atoms with Gasteiger partial charge in [-0.05, 0) is 117 Å². The molecular formula is C44H28ClFeN4O4. The third-order valence-corrected chi connectivity index (χ3v) is 9.23. The van der Waals surface area contributed by atoms with Gasteiger partial charge in [-0.1, -0.05) is 72.8 Å². The molecular weight excluding hydrogens is 740 g/mol. The Morgan fingerprint density at radius 3 is 0.722 bits per heavy atom. The maximum absolute atomic E-state index is 10.2. The van der Waals surface area contributed by atoms with Crippen molar-refractivity contribution in [3.63, 3.8) is 0 Å². The summed E-state index contributed by atoms with van der Waals surface area (Å²) in [6.07, 6.45) is 7.82. The molecule has 54 heavy (non-hydrogen) atoms. The van der Waals surface area contributed by atoms with Gasteiger partial charge in [-0.2, -0.15) is 0 Å². The molecule has 2 aliphatic rings. The van der Waals surface area contributed by atoms with E-state index in [1.54, 1.807) is 48.5 Å². The van der Waals surface area contributed by atoms with Gasteiger partial charge < -0.3 is 42.8 Å². The molecule has 0 fully saturated rings. The van der Waals surface area contributed by atoms with Gasteiger partial charge in [0.05, 0.1) is 22.8 Å². The second kappa shape index (κ2) is 14.5. The third kappa shape index (κ3) is 6.52. The van der Waals surface area contributed by atoms with Gasteiger partial charge in [-0.25, -0.2) is 9.97 Å². The largest absolute Gasteiger partial charge is 3.00 e. The van der Waals surface area contributed by atoms with Crippen molar-refractivity contribution in [2.24, 2.45) is 0 Å². The SMILES string of the molecule is Oc1ccc(-c2c3nc(c(-c4ccc(O)cc4)c4ccc([n-]4)c(-c4ccc(O)cc4)c4nc(c(-c5ccc(O)cc5)c5ccc2[n-]5)C=C4)C=C3)cc1.[Cl-].[Fe+3]. The van der Waals surface area contributed by atoms with Crippen LogP contribution in [0.15, 0.2) is 121 Å². The third-order valence-electron chi connectivity index (χ3n) is 9.23. The van der Waals surface area contributed by atoms with Crippen LogP contribution in [-0.2, 0) is 17.1 Å². The first-order chi connectivity index (χ1) is 25.4. The maximum atomic E-state index is 10.2. The number of nitrogens with zero attached hydrogens (tertiary/aromatic N) is 4. The Balaban J connectivity index is 0.00000225. The molecule has 0 amide bonds. The van der Waals surface area contributed by atoms with Crippen LogP contribution in [0.2, 0.25) is 0 Å². The van der Waals surface area contributed by atoms with Crippen molar-refractivity contribution < 1.29 is 49.9 Å². The van der Waals surface area contributed by atoms with Gasteiger partial charge in [-0.15, -0.1) is 22.1 Å². The van der Waals surface area contributed by atoms with E-state index in [-0.39, 0.29) is 52.5 Å². The van der Waals surface area contributed by atoms with Gasteiger partial charge in [0, 0.05) is 0 Å². The van der Waals surface area contributed by atoms with E-state index < -0.39 is 0 Å². The standard InChI is InChI=1S/C44H28N4O4.ClH.Fe/c49-29-9-1-25(2-10-29)41-33-17-19-35(45-33)42(26-3-11-30(50)12-4-26)37-21-23-39(47-37)44(28-7-15-32(52)16-8-28)40-24-22-38(48-40)43(36-20-18-34(41)46-36)27-5-13-31(51)14-6-27;;/h1-24H,(H4-2,45,46,47,48,49,50,51,52);1H;/q-2;;+3/p-1. The topological polar surface area (TPSA) is 135 Å². The Morgan fingerprint density at radius 2 is 0.519 bits per heavy atom. The predicted octanol–water partition coefficient (Wildman–Crippen LogP) is 6.41. The number of fused-ring (bicyclic) bond motifs is 8. The average molecular weight is 768 g/mol. The number of hydrogen-bond donors (Lipinski definition) is 4. The first-order valence-corrected chi connectivity index (χ1v) is 16.6. The van der Waals surface area contributed by atoms with Gasteiger partial charge in [0.15, 0.2) is 0 Å². The molecule has 263 valence electrons. The van der Waals surface area contributed by atoms with Crippen molar-refractivity contribution >= 4 is 46.4 Å². The molecule has 0 unspecified atom stereocenters. The zero-order valence-electron chi connectivity index (χ0n) is 28.2. The molecule has 2 aliphatic heterocycles. The van der Waals surface area contributed by atoms with E-state index in [0.29, 0.717) is 44.8 Å². The number of halogens is 1. The number of phenols is 4. The molecule has 8 bridgehead atoms. The summed E-state index contributed by atoms with van der Waals surface area (Å²) in [4.78, 5) is 20.8. The Morgan fingerprint density at radius 1 is 0.315 bits per heavy atom. The number of hydrogen-bond acceptors (Lipinski definition) is 6. The Kier molecular flexibility index (Phi) is 9.62. The molecule has 3 aromatic heterocycles. The molecule has 0 saturated carbocycles. The van der Waals surface area contributed by atoms with Crippen molar-refractivity contribution in [2.45, 2.75) is 0 Å². The van der Waals surface area contributed by atoms with Crippen molar-refractivity contribution in [2.75, 3.05) is 0 Å². The molecule has 4 N–H and O–H groups in total. The van der Waals surface area contributed by atoms with Crippen LogP contribution in [0.5, 0.6) is 23.0 Å². The van der Waals surface area contributed by atoms with Gasteiger partial charge in [0.2, 0.25) is 0 Å². The zero-order valence-corrected chi connectivity index (χ0v) is 30.0. The quantitative estimate of drug-likeness (QED) is 0.151. The molecule has 0 saturated heterocycles. The van der Waals surface area contributed by atoms with Gasteiger partial charge >= 0.3 is 17.1 Å². The molecule has 10 heteroatoms. The predicted molar refractivity (Wildman–Crippen MR) is 205 cm³/mol. The van der Waals surface area contributed by atoms with E-state index in [1.165, 1.54) is 0 Å². The number of aromatic hydroxyl groups is 4. The molecule has 0 spiro atoms. The Bertz CT molecular complexity index is 2380. The fraction of sp³-hybridized carbons (Fsp3) is 0. The summed E-state index contributed by atoms with van der Waals surface area (Å²) in [6.45, 7) is 0. The van der Waals surface area contributed by atoms with E-state index in [9.17, 15) is 20.4 Å². The van der Waals surface area contributed by atoms with E-state index in [4.69, 9.17) is 19.9 Å². The Hall–Kier alpha value is -6.51. The van der Waals surface area contributed by atoms with Gasteiger partial charge in [-0.3, -0.25) is 0 Å². The Labute approximate surface area is 326 Å². The van der Waals surface area contributed by atoms with Crippen LogP contribution in [0, 0.1) is 0 Å². The number of benzene rings is 4. The van der Waals surface area contributed by atoms with Crippen LogP contribution in [0.25, 0.3) is 90.9 Å². The molecule has 5 heterocycles. The summed E-state index contributed by atoms with van der Waals surface area (Å²) in [5.74, 6) is 0.594. The van der Waals surface area contributed by atoms with E-state index in [2.05, 4.69) is 0 Å². The van der Waals surface area contributed by atoms with Crippen LogP contribution in [0.3, 0.4) is 0 Å². The summed E-state index contributed by atoms with van der Waals surface area (Å²) in [5, 5.41) is 40.6. The normalized spacial score (nSPS) is 11.6. The van der Waals surface area contributed by atoms with E-state index in [1.807, 2.05) is 97.1 Å². The van der Waals surface area contributed by atoms with Crippen molar-refractivity contribution in [1.29, 1.82) is 0 Å². The minimum absolute atomic E-state index is 0. The van der Waals surface area contributed by atoms with Crippen LogP contribution in [-0.4, -0.2) is 30.4 Å². The second-order valence-electron chi connectivity index (χ2n) is 12.5. The summed E-state index contributed by atoms with van der Waals surface area (Å²) in [5.41, 5.74) is 11.8. The molecule has 8 nitrogen and oxygen atoms in total. The molecule has 0 aliphatic carbocycles. The van der Waals surface area contributed by atoms with Crippen LogP contribution in [0.4, 0.5) is 0 Å². The molecule has 1 radical (unpaired) electrons. The molecule has 0 atom stereocenters. The number of aromatic nitrogens is 4. The average Bonchev–Trinajstić information content (AvgIpc) is 3.99. The maximum Gasteiger partial charge on any atom is 3.00 e. The van der Waals surface area contributed by atoms with E-state index >= 15 is 0 Å². The first-order valence-electron chi connectivity index (χ1n) is 16.6. The van der Waals surface area contributed by atoms with Crippen LogP contribution in [0.1, 0.15) is 22.8 Å². The summed E-state index contributed by atoms with van der Waals surface area (Å²) in [7, 11) is 0. The minimum atomic E-state index is 0. The van der Waals surface area contributed by atoms with Gasteiger partial charge in [0.1, 0.15) is 23.0 Å². The van der Waals surface area contributed by atoms with E-state index in [0.717, 1.165) is 44.5 Å². The smallest absolute Gasteiger partial charge is 1.00 e. The number of rotatable bonds is 4. The van der Waals surface area contributed by atoms with Crippen molar-refractivity contribution in [3.05, 3.63) is 144 Å². The fourth-order valence-electron chi connectivity index (χ4n) is 6.78. The molecule has 7 aromatic rings. The fourth-order valence-corrected chi connectivity index (χ4v) is 6.78. The minimum Gasteiger partial charge on any atom is -1.00 e. The molecule has 4 aromatic carbocycles. The zero-order chi connectivity index (χ0) is 35.3. The number of phenolic OH excluding ortho intramolecular Hbond substituents is 4. The van der Waals surface area contributed by atoms with Crippen LogP contribution >= 0.6 is 0 Å². The second-order valence-corrected chi connectivity index (χ2v) is 12.5. The van der Waals surface area contributed by atoms with Crippen molar-refractivity contribution in [1.82, 2.24) is 19.9 Å². The first kappa shape index (κ1) is 35.9. The van der Waals surface area contributed by atoms with Crippen LogP contribution < -0.4 is 22.4 Å². The summed E-state index contributed by atoms with van der Waals surface area (Å²) in [6, 6.07) is 35.7. The van der Waals surface area contributed by atoms with Gasteiger partial charge in [0.25, 0.3) is 0 Å². The monoisotopic (exact) mass is 767 g/mol. The molecule has 9 rings (SSSR count). The summed E-state index contributed by atoms with van der Waals surface area (Å²) < 4.78 is 0. The van der Waals surface area contributed by atoms with Crippen molar-refractivity contribution in [3.8, 4) is 67.5 Å². The summed E-state index contributed by atoms with van der Waals surface area (Å²) >= 11 is 0.